The summed E-state index contributed by atoms with van der Waals surface area (Å²) in [5, 5.41) is 14.2. The number of anilines is 1. The van der Waals surface area contributed by atoms with Crippen molar-refractivity contribution >= 4 is 11.5 Å². The highest BCUT2D eigenvalue weighted by molar-refractivity contribution is 5.57. The van der Waals surface area contributed by atoms with E-state index in [4.69, 9.17) is 0 Å². The van der Waals surface area contributed by atoms with Gasteiger partial charge < -0.3 is 10.2 Å². The van der Waals surface area contributed by atoms with Gasteiger partial charge in [-0.25, -0.2) is 4.98 Å². The number of aromatic nitrogens is 1. The van der Waals surface area contributed by atoms with Gasteiger partial charge in [0.25, 0.3) is 0 Å². The van der Waals surface area contributed by atoms with Crippen LogP contribution in [0.2, 0.25) is 0 Å². The van der Waals surface area contributed by atoms with Gasteiger partial charge in [0, 0.05) is 31.9 Å². The first-order valence-electron chi connectivity index (χ1n) is 5.73. The summed E-state index contributed by atoms with van der Waals surface area (Å²) < 4.78 is 0. The van der Waals surface area contributed by atoms with Gasteiger partial charge in [-0.1, -0.05) is 0 Å². The Hall–Kier alpha value is -1.69. The second kappa shape index (κ2) is 5.09. The second-order valence-corrected chi connectivity index (χ2v) is 4.21. The summed E-state index contributed by atoms with van der Waals surface area (Å²) in [5.41, 5.74) is 0.0700. The molecule has 6 nitrogen and oxygen atoms in total. The second-order valence-electron chi connectivity index (χ2n) is 4.21. The van der Waals surface area contributed by atoms with Gasteiger partial charge in [-0.15, -0.1) is 0 Å². The number of rotatable bonds is 3. The van der Waals surface area contributed by atoms with Crippen molar-refractivity contribution in [3.8, 4) is 0 Å². The zero-order chi connectivity index (χ0) is 12.3. The highest BCUT2D eigenvalue weighted by atomic mass is 16.6. The van der Waals surface area contributed by atoms with Crippen molar-refractivity contribution in [2.24, 2.45) is 0 Å². The Morgan fingerprint density at radius 2 is 2.47 bits per heavy atom. The van der Waals surface area contributed by atoms with Crippen LogP contribution in [0.15, 0.2) is 18.3 Å². The summed E-state index contributed by atoms with van der Waals surface area (Å²) in [6, 6.07) is 3.36. The Morgan fingerprint density at radius 1 is 1.65 bits per heavy atom. The topological polar surface area (TPSA) is 71.3 Å². The summed E-state index contributed by atoms with van der Waals surface area (Å²) in [5.74, 6) is 0.450. The molecule has 0 aliphatic carbocycles. The zero-order valence-electron chi connectivity index (χ0n) is 9.80. The van der Waals surface area contributed by atoms with E-state index < -0.39 is 0 Å². The SMILES string of the molecule is CN(c1ncccc1[N+](=O)[O-])C1CCCNC1. The summed E-state index contributed by atoms with van der Waals surface area (Å²) >= 11 is 0. The fraction of sp³-hybridized carbons (Fsp3) is 0.545. The first-order valence-corrected chi connectivity index (χ1v) is 5.73. The van der Waals surface area contributed by atoms with Crippen LogP contribution < -0.4 is 10.2 Å². The van der Waals surface area contributed by atoms with Crippen LogP contribution in [0.4, 0.5) is 11.5 Å². The van der Waals surface area contributed by atoms with Crippen LogP contribution in [-0.4, -0.2) is 36.1 Å². The van der Waals surface area contributed by atoms with E-state index in [-0.39, 0.29) is 16.7 Å². The smallest absolute Gasteiger partial charge is 0.311 e. The molecule has 1 aromatic heterocycles. The maximum absolute atomic E-state index is 10.9. The molecule has 1 N–H and O–H groups in total. The van der Waals surface area contributed by atoms with Gasteiger partial charge in [-0.2, -0.15) is 0 Å². The highest BCUT2D eigenvalue weighted by Crippen LogP contribution is 2.26. The van der Waals surface area contributed by atoms with Crippen LogP contribution in [0, 0.1) is 10.1 Å². The quantitative estimate of drug-likeness (QED) is 0.630. The third-order valence-electron chi connectivity index (χ3n) is 3.12. The predicted octanol–water partition coefficient (Wildman–Crippen LogP) is 1.18. The molecule has 0 aromatic carbocycles. The van der Waals surface area contributed by atoms with Crippen LogP contribution in [0.3, 0.4) is 0 Å². The van der Waals surface area contributed by atoms with Gasteiger partial charge in [0.05, 0.1) is 4.92 Å². The van der Waals surface area contributed by atoms with Gasteiger partial charge in [0.15, 0.2) is 0 Å². The number of nitro groups is 1. The van der Waals surface area contributed by atoms with Crippen LogP contribution in [0.25, 0.3) is 0 Å². The first kappa shape index (κ1) is 11.8. The van der Waals surface area contributed by atoms with E-state index >= 15 is 0 Å². The molecule has 0 spiro atoms. The molecule has 1 aromatic rings. The predicted molar refractivity (Wildman–Crippen MR) is 65.2 cm³/mol. The molecule has 0 amide bonds. The molecule has 2 heterocycles. The van der Waals surface area contributed by atoms with Crippen molar-refractivity contribution in [2.75, 3.05) is 25.0 Å². The lowest BCUT2D eigenvalue weighted by molar-refractivity contribution is -0.384. The number of likely N-dealkylation sites (N-methyl/N-ethyl adjacent to an activating group) is 1. The molecule has 2 rings (SSSR count). The number of nitrogens with one attached hydrogen (secondary N) is 1. The zero-order valence-corrected chi connectivity index (χ0v) is 9.80. The maximum Gasteiger partial charge on any atom is 0.311 e. The fourth-order valence-electron chi connectivity index (χ4n) is 2.14. The molecule has 1 fully saturated rings. The lowest BCUT2D eigenvalue weighted by atomic mass is 10.1. The molecule has 1 unspecified atom stereocenters. The van der Waals surface area contributed by atoms with Gasteiger partial charge in [0.1, 0.15) is 0 Å². The van der Waals surface area contributed by atoms with Crippen molar-refractivity contribution in [3.05, 3.63) is 28.4 Å². The van der Waals surface area contributed by atoms with Gasteiger partial charge in [0.2, 0.25) is 5.82 Å². The summed E-state index contributed by atoms with van der Waals surface area (Å²) in [4.78, 5) is 16.6. The van der Waals surface area contributed by atoms with Crippen molar-refractivity contribution in [3.63, 3.8) is 0 Å². The molecule has 6 heteroatoms. The van der Waals surface area contributed by atoms with Gasteiger partial charge >= 0.3 is 5.69 Å². The van der Waals surface area contributed by atoms with Crippen LogP contribution >= 0.6 is 0 Å². The van der Waals surface area contributed by atoms with Crippen molar-refractivity contribution in [2.45, 2.75) is 18.9 Å². The number of piperidine rings is 1. The molecule has 17 heavy (non-hydrogen) atoms. The Kier molecular flexibility index (Phi) is 3.53. The van der Waals surface area contributed by atoms with Gasteiger partial charge in [-0.3, -0.25) is 10.1 Å². The van der Waals surface area contributed by atoms with E-state index in [0.29, 0.717) is 5.82 Å². The summed E-state index contributed by atoms with van der Waals surface area (Å²) in [6.45, 7) is 1.87. The first-order chi connectivity index (χ1) is 8.20. The normalized spacial score (nSPS) is 19.9. The Bertz CT molecular complexity index is 404. The van der Waals surface area contributed by atoms with Crippen molar-refractivity contribution in [1.82, 2.24) is 10.3 Å². The number of nitrogens with zero attached hydrogens (tertiary/aromatic N) is 3. The summed E-state index contributed by atoms with van der Waals surface area (Å²) in [7, 11) is 1.87. The molecule has 1 aliphatic heterocycles. The Balaban J connectivity index is 2.23. The molecular formula is C11H16N4O2. The molecule has 0 radical (unpaired) electrons. The number of hydrogen-bond acceptors (Lipinski definition) is 5. The molecular weight excluding hydrogens is 220 g/mol. The standard InChI is InChI=1S/C11H16N4O2/c1-14(9-4-2-6-12-8-9)11-10(15(16)17)5-3-7-13-11/h3,5,7,9,12H,2,4,6,8H2,1H3. The molecule has 92 valence electrons. The largest absolute Gasteiger partial charge is 0.350 e. The average Bonchev–Trinajstić information content (AvgIpc) is 2.39. The lowest BCUT2D eigenvalue weighted by Gasteiger charge is -2.32. The van der Waals surface area contributed by atoms with E-state index in [0.717, 1.165) is 25.9 Å². The van der Waals surface area contributed by atoms with Crippen LogP contribution in [-0.2, 0) is 0 Å². The van der Waals surface area contributed by atoms with E-state index in [1.807, 2.05) is 11.9 Å². The van der Waals surface area contributed by atoms with Crippen molar-refractivity contribution in [1.29, 1.82) is 0 Å². The fourth-order valence-corrected chi connectivity index (χ4v) is 2.14. The Labute approximate surface area is 99.8 Å². The van der Waals surface area contributed by atoms with Crippen LogP contribution in [0.1, 0.15) is 12.8 Å². The minimum Gasteiger partial charge on any atom is -0.350 e. The molecule has 1 saturated heterocycles. The van der Waals surface area contributed by atoms with Gasteiger partial charge in [-0.05, 0) is 25.5 Å². The Morgan fingerprint density at radius 3 is 3.12 bits per heavy atom. The maximum atomic E-state index is 10.9. The highest BCUT2D eigenvalue weighted by Gasteiger charge is 2.24. The van der Waals surface area contributed by atoms with E-state index in [1.165, 1.54) is 6.07 Å². The number of pyridine rings is 1. The molecule has 0 bridgehead atoms. The molecule has 0 saturated carbocycles. The number of hydrogen-bond donors (Lipinski definition) is 1. The minimum absolute atomic E-state index is 0.0700. The molecule has 1 aliphatic rings. The van der Waals surface area contributed by atoms with E-state index in [2.05, 4.69) is 10.3 Å². The van der Waals surface area contributed by atoms with E-state index in [9.17, 15) is 10.1 Å². The monoisotopic (exact) mass is 236 g/mol. The third kappa shape index (κ3) is 2.52. The van der Waals surface area contributed by atoms with E-state index in [1.54, 1.807) is 12.3 Å². The minimum atomic E-state index is -0.380. The van der Waals surface area contributed by atoms with Crippen LogP contribution in [0.5, 0.6) is 0 Å². The third-order valence-corrected chi connectivity index (χ3v) is 3.12. The summed E-state index contributed by atoms with van der Waals surface area (Å²) in [6.07, 6.45) is 3.72. The lowest BCUT2D eigenvalue weighted by Crippen LogP contribution is -2.44. The van der Waals surface area contributed by atoms with Crippen molar-refractivity contribution < 1.29 is 4.92 Å². The average molecular weight is 236 g/mol. The molecule has 1 atom stereocenters.